The standard InChI is InChI=1S/C11H12N2O4/c14-7-13-10(8-4-2-1-3-5-8)11(17)12-6-9(15)16/h1-5,7,10H,6H2,(H,12,17)(H,13,14)(H,15,16)/t10-/m1/s1. The van der Waals surface area contributed by atoms with Gasteiger partial charge in [0.2, 0.25) is 12.3 Å². The third kappa shape index (κ3) is 3.94. The van der Waals surface area contributed by atoms with Gasteiger partial charge in [-0.15, -0.1) is 0 Å². The van der Waals surface area contributed by atoms with E-state index in [0.29, 0.717) is 12.0 Å². The molecule has 0 fully saturated rings. The SMILES string of the molecule is O=CN[C@@H](C(=O)NCC(=O)O)c1ccccc1. The average Bonchev–Trinajstić information content (AvgIpc) is 2.34. The molecule has 3 N–H and O–H groups in total. The van der Waals surface area contributed by atoms with Gasteiger partial charge in [-0.2, -0.15) is 0 Å². The van der Waals surface area contributed by atoms with Gasteiger partial charge >= 0.3 is 5.97 Å². The van der Waals surface area contributed by atoms with Gasteiger partial charge < -0.3 is 15.7 Å². The highest BCUT2D eigenvalue weighted by Crippen LogP contribution is 2.11. The zero-order chi connectivity index (χ0) is 12.7. The highest BCUT2D eigenvalue weighted by Gasteiger charge is 2.19. The van der Waals surface area contributed by atoms with E-state index in [1.54, 1.807) is 30.3 Å². The van der Waals surface area contributed by atoms with E-state index < -0.39 is 24.5 Å². The predicted molar refractivity (Wildman–Crippen MR) is 59.0 cm³/mol. The van der Waals surface area contributed by atoms with Crippen LogP contribution >= 0.6 is 0 Å². The van der Waals surface area contributed by atoms with Gasteiger partial charge in [0.05, 0.1) is 0 Å². The Labute approximate surface area is 97.6 Å². The number of benzene rings is 1. The molecule has 0 heterocycles. The fourth-order valence-electron chi connectivity index (χ4n) is 1.30. The van der Waals surface area contributed by atoms with E-state index in [1.165, 1.54) is 0 Å². The summed E-state index contributed by atoms with van der Waals surface area (Å²) in [6, 6.07) is 7.67. The van der Waals surface area contributed by atoms with E-state index in [1.807, 2.05) is 0 Å². The number of carboxylic acids is 1. The second-order valence-electron chi connectivity index (χ2n) is 3.24. The van der Waals surface area contributed by atoms with Crippen LogP contribution in [-0.2, 0) is 14.4 Å². The average molecular weight is 236 g/mol. The van der Waals surface area contributed by atoms with Gasteiger partial charge in [0.15, 0.2) is 0 Å². The maximum Gasteiger partial charge on any atom is 0.322 e. The molecule has 1 aromatic carbocycles. The molecule has 0 radical (unpaired) electrons. The van der Waals surface area contributed by atoms with Crippen molar-refractivity contribution in [3.8, 4) is 0 Å². The number of nitrogens with one attached hydrogen (secondary N) is 2. The summed E-state index contributed by atoms with van der Waals surface area (Å²) in [6.45, 7) is -0.483. The maximum atomic E-state index is 11.6. The van der Waals surface area contributed by atoms with Gasteiger partial charge in [-0.3, -0.25) is 14.4 Å². The number of carboxylic acid groups (broad SMARTS) is 1. The normalized spacial score (nSPS) is 11.3. The van der Waals surface area contributed by atoms with E-state index in [4.69, 9.17) is 5.11 Å². The molecule has 90 valence electrons. The lowest BCUT2D eigenvalue weighted by atomic mass is 10.1. The molecule has 0 aromatic heterocycles. The largest absolute Gasteiger partial charge is 0.480 e. The third-order valence-electron chi connectivity index (χ3n) is 2.04. The van der Waals surface area contributed by atoms with Crippen LogP contribution < -0.4 is 10.6 Å². The molecule has 1 atom stereocenters. The predicted octanol–water partition coefficient (Wildman–Crippen LogP) is -0.325. The molecule has 0 aliphatic heterocycles. The van der Waals surface area contributed by atoms with E-state index in [-0.39, 0.29) is 0 Å². The zero-order valence-corrected chi connectivity index (χ0v) is 8.92. The Morgan fingerprint density at radius 2 is 1.94 bits per heavy atom. The Balaban J connectivity index is 2.75. The topological polar surface area (TPSA) is 95.5 Å². The number of carbonyl (C=O) groups excluding carboxylic acids is 2. The van der Waals surface area contributed by atoms with Crippen LogP contribution in [0.2, 0.25) is 0 Å². The molecule has 1 aromatic rings. The number of aliphatic carboxylic acids is 1. The van der Waals surface area contributed by atoms with Crippen molar-refractivity contribution in [2.75, 3.05) is 6.54 Å². The van der Waals surface area contributed by atoms with E-state index in [2.05, 4.69) is 10.6 Å². The number of rotatable bonds is 6. The summed E-state index contributed by atoms with van der Waals surface area (Å²) < 4.78 is 0. The van der Waals surface area contributed by atoms with Gasteiger partial charge in [0, 0.05) is 0 Å². The van der Waals surface area contributed by atoms with Crippen LogP contribution in [0.4, 0.5) is 0 Å². The lowest BCUT2D eigenvalue weighted by Gasteiger charge is -2.15. The van der Waals surface area contributed by atoms with Gasteiger partial charge in [-0.25, -0.2) is 0 Å². The molecule has 6 heteroatoms. The molecule has 0 unspecified atom stereocenters. The number of hydrogen-bond donors (Lipinski definition) is 3. The minimum absolute atomic E-state index is 0.401. The van der Waals surface area contributed by atoms with Crippen molar-refractivity contribution < 1.29 is 19.5 Å². The monoisotopic (exact) mass is 236 g/mol. The minimum Gasteiger partial charge on any atom is -0.480 e. The van der Waals surface area contributed by atoms with Crippen LogP contribution in [0.15, 0.2) is 30.3 Å². The first-order valence-electron chi connectivity index (χ1n) is 4.89. The highest BCUT2D eigenvalue weighted by molar-refractivity contribution is 5.87. The van der Waals surface area contributed by atoms with Crippen molar-refractivity contribution in [1.29, 1.82) is 0 Å². The molecular formula is C11H12N2O4. The first-order valence-corrected chi connectivity index (χ1v) is 4.89. The van der Waals surface area contributed by atoms with E-state index in [0.717, 1.165) is 0 Å². The Kier molecular flexibility index (Phi) is 4.68. The Morgan fingerprint density at radius 3 is 2.47 bits per heavy atom. The van der Waals surface area contributed by atoms with Crippen molar-refractivity contribution in [2.45, 2.75) is 6.04 Å². The molecule has 0 spiro atoms. The van der Waals surface area contributed by atoms with Crippen LogP contribution in [0.3, 0.4) is 0 Å². The molecule has 0 aliphatic rings. The van der Waals surface area contributed by atoms with Crippen molar-refractivity contribution in [2.24, 2.45) is 0 Å². The first-order chi connectivity index (χ1) is 8.15. The van der Waals surface area contributed by atoms with Crippen LogP contribution in [0.5, 0.6) is 0 Å². The summed E-state index contributed by atoms with van der Waals surface area (Å²) in [6.07, 6.45) is 0.401. The summed E-state index contributed by atoms with van der Waals surface area (Å²) in [7, 11) is 0. The second-order valence-corrected chi connectivity index (χ2v) is 3.24. The van der Waals surface area contributed by atoms with Gasteiger partial charge in [0.1, 0.15) is 12.6 Å². The van der Waals surface area contributed by atoms with E-state index in [9.17, 15) is 14.4 Å². The summed E-state index contributed by atoms with van der Waals surface area (Å²) in [5.74, 6) is -1.71. The molecule has 0 bridgehead atoms. The molecule has 0 saturated heterocycles. The molecule has 2 amide bonds. The van der Waals surface area contributed by atoms with Crippen LogP contribution in [-0.4, -0.2) is 29.9 Å². The number of amides is 2. The smallest absolute Gasteiger partial charge is 0.322 e. The lowest BCUT2D eigenvalue weighted by molar-refractivity contribution is -0.138. The molecule has 1 rings (SSSR count). The summed E-state index contributed by atoms with van der Waals surface area (Å²) >= 11 is 0. The van der Waals surface area contributed by atoms with Crippen LogP contribution in [0.1, 0.15) is 11.6 Å². The quantitative estimate of drug-likeness (QED) is 0.589. The first kappa shape index (κ1) is 12.7. The number of carbonyl (C=O) groups is 3. The Morgan fingerprint density at radius 1 is 1.29 bits per heavy atom. The highest BCUT2D eigenvalue weighted by atomic mass is 16.4. The fourth-order valence-corrected chi connectivity index (χ4v) is 1.30. The Hall–Kier alpha value is -2.37. The van der Waals surface area contributed by atoms with Crippen molar-refractivity contribution in [3.63, 3.8) is 0 Å². The summed E-state index contributed by atoms with van der Waals surface area (Å²) in [5, 5.41) is 13.0. The summed E-state index contributed by atoms with van der Waals surface area (Å²) in [4.78, 5) is 32.4. The lowest BCUT2D eigenvalue weighted by Crippen LogP contribution is -2.39. The summed E-state index contributed by atoms with van der Waals surface area (Å²) in [5.41, 5.74) is 0.586. The van der Waals surface area contributed by atoms with E-state index >= 15 is 0 Å². The molecular weight excluding hydrogens is 224 g/mol. The van der Waals surface area contributed by atoms with Crippen molar-refractivity contribution in [3.05, 3.63) is 35.9 Å². The van der Waals surface area contributed by atoms with Gasteiger partial charge in [-0.1, -0.05) is 30.3 Å². The molecule has 17 heavy (non-hydrogen) atoms. The van der Waals surface area contributed by atoms with Gasteiger partial charge in [-0.05, 0) is 5.56 Å². The molecule has 0 saturated carbocycles. The maximum absolute atomic E-state index is 11.6. The Bertz CT molecular complexity index is 405. The van der Waals surface area contributed by atoms with Crippen molar-refractivity contribution in [1.82, 2.24) is 10.6 Å². The zero-order valence-electron chi connectivity index (χ0n) is 8.92. The molecule has 6 nitrogen and oxygen atoms in total. The minimum atomic E-state index is -1.14. The fraction of sp³-hybridized carbons (Fsp3) is 0.182. The van der Waals surface area contributed by atoms with Gasteiger partial charge in [0.25, 0.3) is 0 Å². The van der Waals surface area contributed by atoms with Crippen molar-refractivity contribution >= 4 is 18.3 Å². The van der Waals surface area contributed by atoms with Crippen LogP contribution in [0.25, 0.3) is 0 Å². The molecule has 0 aliphatic carbocycles. The number of hydrogen-bond acceptors (Lipinski definition) is 3. The third-order valence-corrected chi connectivity index (χ3v) is 2.04. The second kappa shape index (κ2) is 6.26. The van der Waals surface area contributed by atoms with Crippen LogP contribution in [0, 0.1) is 0 Å².